The molecule has 0 fully saturated rings. The van der Waals surface area contributed by atoms with Gasteiger partial charge < -0.3 is 14.0 Å². The predicted octanol–water partition coefficient (Wildman–Crippen LogP) is 4.73. The summed E-state index contributed by atoms with van der Waals surface area (Å²) in [5.41, 5.74) is 2.26. The molecule has 0 radical (unpaired) electrons. The van der Waals surface area contributed by atoms with Crippen LogP contribution in [0.1, 0.15) is 32.7 Å². The lowest BCUT2D eigenvalue weighted by Crippen LogP contribution is -2.32. The van der Waals surface area contributed by atoms with Crippen molar-refractivity contribution in [2.75, 3.05) is 14.2 Å². The van der Waals surface area contributed by atoms with Crippen LogP contribution in [0.15, 0.2) is 48.5 Å². The van der Waals surface area contributed by atoms with Gasteiger partial charge >= 0.3 is 11.9 Å². The summed E-state index contributed by atoms with van der Waals surface area (Å²) in [4.78, 5) is 24.6. The van der Waals surface area contributed by atoms with Crippen molar-refractivity contribution in [2.24, 2.45) is 11.8 Å². The second kappa shape index (κ2) is 8.46. The van der Waals surface area contributed by atoms with Crippen LogP contribution in [0.4, 0.5) is 0 Å². The van der Waals surface area contributed by atoms with Crippen molar-refractivity contribution < 1.29 is 19.1 Å². The van der Waals surface area contributed by atoms with Crippen molar-refractivity contribution in [2.45, 2.75) is 32.7 Å². The van der Waals surface area contributed by atoms with Crippen LogP contribution in [-0.2, 0) is 19.1 Å². The second-order valence-corrected chi connectivity index (χ2v) is 7.14. The molecule has 3 atom stereocenters. The Kier molecular flexibility index (Phi) is 6.02. The Labute approximate surface area is 165 Å². The van der Waals surface area contributed by atoms with Crippen LogP contribution in [0.2, 0.25) is 0 Å². The van der Waals surface area contributed by atoms with Crippen molar-refractivity contribution in [1.82, 2.24) is 4.57 Å². The molecule has 0 bridgehead atoms. The van der Waals surface area contributed by atoms with Gasteiger partial charge in [-0.3, -0.25) is 9.59 Å². The fourth-order valence-corrected chi connectivity index (χ4v) is 4.10. The van der Waals surface area contributed by atoms with Gasteiger partial charge in [0.05, 0.1) is 26.1 Å². The van der Waals surface area contributed by atoms with E-state index in [1.54, 1.807) is 6.92 Å². The Bertz CT molecular complexity index is 937. The highest BCUT2D eigenvalue weighted by Gasteiger charge is 2.34. The molecular weight excluding hydrogens is 354 g/mol. The number of nitrogens with zero attached hydrogens (tertiary/aromatic N) is 1. The summed E-state index contributed by atoms with van der Waals surface area (Å²) in [6.45, 7) is 3.83. The molecule has 3 rings (SSSR count). The minimum absolute atomic E-state index is 0.0426. The molecule has 28 heavy (non-hydrogen) atoms. The van der Waals surface area contributed by atoms with Crippen LogP contribution in [-0.4, -0.2) is 30.7 Å². The number of carbonyl (C=O) groups excluding carboxylic acids is 2. The Balaban J connectivity index is 2.09. The lowest BCUT2D eigenvalue weighted by molar-refractivity contribution is -0.157. The number of para-hydroxylation sites is 2. The summed E-state index contributed by atoms with van der Waals surface area (Å²) < 4.78 is 12.2. The Morgan fingerprint density at radius 2 is 1.39 bits per heavy atom. The maximum Gasteiger partial charge on any atom is 0.309 e. The minimum Gasteiger partial charge on any atom is -0.469 e. The van der Waals surface area contributed by atoms with E-state index in [1.807, 2.05) is 24.3 Å². The summed E-state index contributed by atoms with van der Waals surface area (Å²) in [5.74, 6) is -1.91. The minimum atomic E-state index is -0.570. The third-order valence-corrected chi connectivity index (χ3v) is 5.66. The van der Waals surface area contributed by atoms with E-state index in [1.165, 1.54) is 25.0 Å². The lowest BCUT2D eigenvalue weighted by Gasteiger charge is -2.26. The molecule has 148 valence electrons. The van der Waals surface area contributed by atoms with Gasteiger partial charge in [0.2, 0.25) is 0 Å². The highest BCUT2D eigenvalue weighted by molar-refractivity contribution is 6.08. The number of fused-ring (bicyclic) bond motifs is 3. The molecule has 0 aliphatic heterocycles. The number of ether oxygens (including phenoxy) is 2. The van der Waals surface area contributed by atoms with E-state index in [0.717, 1.165) is 17.5 Å². The molecular formula is C23H27NO4. The van der Waals surface area contributed by atoms with Crippen molar-refractivity contribution in [3.05, 3.63) is 48.5 Å². The van der Waals surface area contributed by atoms with Crippen molar-refractivity contribution in [3.8, 4) is 0 Å². The lowest BCUT2D eigenvalue weighted by atomic mass is 9.87. The Hall–Kier alpha value is -2.82. The van der Waals surface area contributed by atoms with Crippen molar-refractivity contribution in [3.63, 3.8) is 0 Å². The van der Waals surface area contributed by atoms with Gasteiger partial charge in [-0.2, -0.15) is 0 Å². The fraction of sp³-hybridized carbons (Fsp3) is 0.391. The molecule has 0 N–H and O–H groups in total. The van der Waals surface area contributed by atoms with Crippen LogP contribution >= 0.6 is 0 Å². The molecule has 3 aromatic rings. The van der Waals surface area contributed by atoms with Crippen molar-refractivity contribution >= 4 is 33.7 Å². The van der Waals surface area contributed by atoms with Crippen LogP contribution in [0.5, 0.6) is 0 Å². The van der Waals surface area contributed by atoms with Gasteiger partial charge in [-0.25, -0.2) is 0 Å². The normalized spacial score (nSPS) is 14.6. The largest absolute Gasteiger partial charge is 0.469 e. The summed E-state index contributed by atoms with van der Waals surface area (Å²) in [6, 6.07) is 16.6. The van der Waals surface area contributed by atoms with E-state index in [0.29, 0.717) is 6.42 Å². The standard InChI is InChI=1S/C23H27NO4/c1-5-16(14-19(23(26)28-4)15(2)22(25)27-3)24-20-12-8-6-10-17(20)18-11-7-9-13-21(18)24/h6-13,15-16,19H,5,14H2,1-4H3. The zero-order valence-electron chi connectivity index (χ0n) is 16.8. The molecule has 0 saturated carbocycles. The van der Waals surface area contributed by atoms with Gasteiger partial charge in [0, 0.05) is 27.8 Å². The van der Waals surface area contributed by atoms with E-state index in [9.17, 15) is 9.59 Å². The second-order valence-electron chi connectivity index (χ2n) is 7.14. The van der Waals surface area contributed by atoms with Crippen molar-refractivity contribution in [1.29, 1.82) is 0 Å². The average molecular weight is 381 g/mol. The zero-order chi connectivity index (χ0) is 20.3. The number of benzene rings is 2. The van der Waals surface area contributed by atoms with Gasteiger partial charge in [0.15, 0.2) is 0 Å². The number of rotatable bonds is 7. The highest BCUT2D eigenvalue weighted by atomic mass is 16.5. The number of hydrogen-bond acceptors (Lipinski definition) is 4. The van der Waals surface area contributed by atoms with Gasteiger partial charge in [-0.15, -0.1) is 0 Å². The van der Waals surface area contributed by atoms with Gasteiger partial charge in [-0.05, 0) is 25.0 Å². The van der Waals surface area contributed by atoms with E-state index in [2.05, 4.69) is 35.8 Å². The van der Waals surface area contributed by atoms with Crippen LogP contribution < -0.4 is 0 Å². The number of methoxy groups -OCH3 is 2. The van der Waals surface area contributed by atoms with Crippen LogP contribution in [0.25, 0.3) is 21.8 Å². The summed E-state index contributed by atoms with van der Waals surface area (Å²) in [7, 11) is 2.71. The summed E-state index contributed by atoms with van der Waals surface area (Å²) >= 11 is 0. The molecule has 1 aromatic heterocycles. The SMILES string of the molecule is CCC(CC(C(=O)OC)C(C)C(=O)OC)n1c2ccccc2c2ccccc21. The fourth-order valence-electron chi connectivity index (χ4n) is 4.10. The molecule has 0 saturated heterocycles. The maximum absolute atomic E-state index is 12.5. The predicted molar refractivity (Wildman–Crippen MR) is 110 cm³/mol. The average Bonchev–Trinajstić information content (AvgIpc) is 3.07. The molecule has 3 unspecified atom stereocenters. The first-order valence-corrected chi connectivity index (χ1v) is 9.66. The first kappa shape index (κ1) is 19.9. The number of hydrogen-bond donors (Lipinski definition) is 0. The monoisotopic (exact) mass is 381 g/mol. The topological polar surface area (TPSA) is 57.5 Å². The number of esters is 2. The summed E-state index contributed by atoms with van der Waals surface area (Å²) in [5, 5.41) is 2.37. The molecule has 2 aromatic carbocycles. The molecule has 1 heterocycles. The highest BCUT2D eigenvalue weighted by Crippen LogP contribution is 2.36. The number of carbonyl (C=O) groups is 2. The first-order chi connectivity index (χ1) is 13.5. The molecule has 5 heteroatoms. The van der Waals surface area contributed by atoms with Crippen LogP contribution in [0.3, 0.4) is 0 Å². The third-order valence-electron chi connectivity index (χ3n) is 5.66. The van der Waals surface area contributed by atoms with E-state index >= 15 is 0 Å². The van der Waals surface area contributed by atoms with Gasteiger partial charge in [0.1, 0.15) is 0 Å². The number of aromatic nitrogens is 1. The quantitative estimate of drug-likeness (QED) is 0.555. The molecule has 5 nitrogen and oxygen atoms in total. The molecule has 0 spiro atoms. The Morgan fingerprint density at radius 1 is 0.893 bits per heavy atom. The molecule has 0 amide bonds. The van der Waals surface area contributed by atoms with E-state index < -0.39 is 17.8 Å². The first-order valence-electron chi connectivity index (χ1n) is 9.66. The third kappa shape index (κ3) is 3.49. The summed E-state index contributed by atoms with van der Waals surface area (Å²) in [6.07, 6.45) is 1.33. The van der Waals surface area contributed by atoms with Gasteiger partial charge in [0.25, 0.3) is 0 Å². The van der Waals surface area contributed by atoms with E-state index in [-0.39, 0.29) is 12.0 Å². The molecule has 0 aliphatic carbocycles. The van der Waals surface area contributed by atoms with Crippen LogP contribution in [0, 0.1) is 11.8 Å². The van der Waals surface area contributed by atoms with Gasteiger partial charge in [-0.1, -0.05) is 50.2 Å². The zero-order valence-corrected chi connectivity index (χ0v) is 16.8. The smallest absolute Gasteiger partial charge is 0.309 e. The maximum atomic E-state index is 12.5. The van der Waals surface area contributed by atoms with E-state index in [4.69, 9.17) is 9.47 Å². The Morgan fingerprint density at radius 3 is 1.86 bits per heavy atom. The molecule has 0 aliphatic rings.